The van der Waals surface area contributed by atoms with Crippen molar-refractivity contribution in [2.24, 2.45) is 11.7 Å². The van der Waals surface area contributed by atoms with Crippen LogP contribution >= 0.6 is 0 Å². The van der Waals surface area contributed by atoms with Crippen LogP contribution in [-0.2, 0) is 13.0 Å². The van der Waals surface area contributed by atoms with Crippen molar-refractivity contribution in [3.05, 3.63) is 35.9 Å². The molecule has 0 spiro atoms. The summed E-state index contributed by atoms with van der Waals surface area (Å²) in [5.74, 6) is 1.90. The molecule has 0 bridgehead atoms. The van der Waals surface area contributed by atoms with E-state index in [-0.39, 0.29) is 0 Å². The first-order chi connectivity index (χ1) is 9.28. The van der Waals surface area contributed by atoms with E-state index in [1.165, 1.54) is 37.3 Å². The van der Waals surface area contributed by atoms with Crippen LogP contribution in [0.3, 0.4) is 0 Å². The van der Waals surface area contributed by atoms with Gasteiger partial charge in [0.1, 0.15) is 5.82 Å². The fourth-order valence-corrected chi connectivity index (χ4v) is 3.16. The van der Waals surface area contributed by atoms with Gasteiger partial charge in [0, 0.05) is 25.7 Å². The van der Waals surface area contributed by atoms with Gasteiger partial charge in [0.15, 0.2) is 0 Å². The molecule has 4 heteroatoms. The number of imidazole rings is 1. The van der Waals surface area contributed by atoms with Gasteiger partial charge < -0.3 is 15.0 Å². The minimum atomic E-state index is 0.571. The van der Waals surface area contributed by atoms with Gasteiger partial charge in [-0.3, -0.25) is 0 Å². The molecule has 0 amide bonds. The molecule has 3 rings (SSSR count). The van der Waals surface area contributed by atoms with Crippen molar-refractivity contribution >= 4 is 5.52 Å². The van der Waals surface area contributed by atoms with Crippen LogP contribution < -0.4 is 5.73 Å². The minimum Gasteiger partial charge on any atom is -0.326 e. The Morgan fingerprint density at radius 1 is 1.47 bits per heavy atom. The van der Waals surface area contributed by atoms with Crippen LogP contribution in [0.25, 0.3) is 5.52 Å². The van der Waals surface area contributed by atoms with Gasteiger partial charge in [-0.25, -0.2) is 4.98 Å². The Kier molecular flexibility index (Phi) is 3.53. The zero-order valence-corrected chi connectivity index (χ0v) is 11.5. The fraction of sp³-hybridized carbons (Fsp3) is 0.533. The SMILES string of the molecule is CN1CCCC(Cc2ncc3c(CN)cccn23)C1. The lowest BCUT2D eigenvalue weighted by Gasteiger charge is -2.29. The van der Waals surface area contributed by atoms with E-state index < -0.39 is 0 Å². The normalized spacial score (nSPS) is 21.1. The average molecular weight is 258 g/mol. The van der Waals surface area contributed by atoms with E-state index >= 15 is 0 Å². The lowest BCUT2D eigenvalue weighted by Crippen LogP contribution is -2.33. The number of rotatable bonds is 3. The molecule has 2 aromatic rings. The number of nitrogens with zero attached hydrogens (tertiary/aromatic N) is 3. The molecule has 1 atom stereocenters. The number of likely N-dealkylation sites (tertiary alicyclic amines) is 1. The highest BCUT2D eigenvalue weighted by atomic mass is 15.1. The van der Waals surface area contributed by atoms with Crippen molar-refractivity contribution in [1.29, 1.82) is 0 Å². The molecule has 2 N–H and O–H groups in total. The highest BCUT2D eigenvalue weighted by Crippen LogP contribution is 2.21. The molecule has 0 saturated carbocycles. The first kappa shape index (κ1) is 12.6. The standard InChI is InChI=1S/C15H22N4/c1-18-6-2-4-12(11-18)8-15-17-10-14-13(9-16)5-3-7-19(14)15/h3,5,7,10,12H,2,4,6,8-9,11,16H2,1H3. The van der Waals surface area contributed by atoms with Gasteiger partial charge in [0.05, 0.1) is 11.7 Å². The molecule has 19 heavy (non-hydrogen) atoms. The molecular formula is C15H22N4. The third kappa shape index (κ3) is 2.51. The summed E-state index contributed by atoms with van der Waals surface area (Å²) < 4.78 is 2.21. The third-order valence-corrected chi connectivity index (χ3v) is 4.15. The molecule has 1 saturated heterocycles. The van der Waals surface area contributed by atoms with E-state index in [0.717, 1.165) is 17.9 Å². The maximum absolute atomic E-state index is 5.78. The summed E-state index contributed by atoms with van der Waals surface area (Å²) in [6.07, 6.45) is 7.74. The number of nitrogens with two attached hydrogens (primary N) is 1. The lowest BCUT2D eigenvalue weighted by molar-refractivity contribution is 0.207. The molecule has 1 aliphatic heterocycles. The summed E-state index contributed by atoms with van der Waals surface area (Å²) in [6.45, 7) is 2.99. The van der Waals surface area contributed by atoms with Crippen molar-refractivity contribution in [3.8, 4) is 0 Å². The summed E-state index contributed by atoms with van der Waals surface area (Å²) in [7, 11) is 2.21. The van der Waals surface area contributed by atoms with Crippen LogP contribution in [-0.4, -0.2) is 34.4 Å². The molecular weight excluding hydrogens is 236 g/mol. The smallest absolute Gasteiger partial charge is 0.113 e. The highest BCUT2D eigenvalue weighted by molar-refractivity contribution is 5.54. The zero-order valence-electron chi connectivity index (χ0n) is 11.5. The van der Waals surface area contributed by atoms with Crippen molar-refractivity contribution in [1.82, 2.24) is 14.3 Å². The van der Waals surface area contributed by atoms with Gasteiger partial charge in [-0.15, -0.1) is 0 Å². The molecule has 1 aliphatic rings. The van der Waals surface area contributed by atoms with E-state index in [4.69, 9.17) is 5.73 Å². The van der Waals surface area contributed by atoms with Crippen LogP contribution in [0, 0.1) is 5.92 Å². The Hall–Kier alpha value is -1.39. The maximum Gasteiger partial charge on any atom is 0.113 e. The Bertz CT molecular complexity index is 560. The minimum absolute atomic E-state index is 0.571. The van der Waals surface area contributed by atoms with Gasteiger partial charge in [-0.2, -0.15) is 0 Å². The van der Waals surface area contributed by atoms with Crippen LogP contribution in [0.15, 0.2) is 24.5 Å². The molecule has 1 unspecified atom stereocenters. The summed E-state index contributed by atoms with van der Waals surface area (Å²) in [5, 5.41) is 0. The summed E-state index contributed by atoms with van der Waals surface area (Å²) in [4.78, 5) is 7.04. The second kappa shape index (κ2) is 5.31. The van der Waals surface area contributed by atoms with Crippen LogP contribution in [0.4, 0.5) is 0 Å². The highest BCUT2D eigenvalue weighted by Gasteiger charge is 2.19. The van der Waals surface area contributed by atoms with Gasteiger partial charge in [0.25, 0.3) is 0 Å². The topological polar surface area (TPSA) is 46.6 Å². The summed E-state index contributed by atoms with van der Waals surface area (Å²) in [5.41, 5.74) is 8.11. The van der Waals surface area contributed by atoms with Crippen molar-refractivity contribution < 1.29 is 0 Å². The van der Waals surface area contributed by atoms with Crippen molar-refractivity contribution in [3.63, 3.8) is 0 Å². The van der Waals surface area contributed by atoms with E-state index in [2.05, 4.69) is 39.7 Å². The van der Waals surface area contributed by atoms with Crippen molar-refractivity contribution in [2.45, 2.75) is 25.8 Å². The monoisotopic (exact) mass is 258 g/mol. The molecule has 0 aliphatic carbocycles. The molecule has 0 radical (unpaired) electrons. The maximum atomic E-state index is 5.78. The van der Waals surface area contributed by atoms with E-state index in [0.29, 0.717) is 6.54 Å². The van der Waals surface area contributed by atoms with E-state index in [1.807, 2.05) is 6.20 Å². The van der Waals surface area contributed by atoms with Gasteiger partial charge in [-0.05, 0) is 44.0 Å². The Morgan fingerprint density at radius 3 is 3.16 bits per heavy atom. The van der Waals surface area contributed by atoms with Gasteiger partial charge in [-0.1, -0.05) is 6.07 Å². The quantitative estimate of drug-likeness (QED) is 0.911. The van der Waals surface area contributed by atoms with Crippen molar-refractivity contribution in [2.75, 3.05) is 20.1 Å². The zero-order chi connectivity index (χ0) is 13.2. The Balaban J connectivity index is 1.85. The number of pyridine rings is 1. The number of hydrogen-bond acceptors (Lipinski definition) is 3. The predicted octanol–water partition coefficient (Wildman–Crippen LogP) is 1.68. The first-order valence-electron chi connectivity index (χ1n) is 7.10. The second-order valence-electron chi connectivity index (χ2n) is 5.64. The number of fused-ring (bicyclic) bond motifs is 1. The Morgan fingerprint density at radius 2 is 2.37 bits per heavy atom. The first-order valence-corrected chi connectivity index (χ1v) is 7.10. The van der Waals surface area contributed by atoms with Gasteiger partial charge in [0.2, 0.25) is 0 Å². The fourth-order valence-electron chi connectivity index (χ4n) is 3.16. The second-order valence-corrected chi connectivity index (χ2v) is 5.64. The molecule has 102 valence electrons. The van der Waals surface area contributed by atoms with Crippen LogP contribution in [0.1, 0.15) is 24.2 Å². The lowest BCUT2D eigenvalue weighted by atomic mass is 9.95. The molecule has 3 heterocycles. The van der Waals surface area contributed by atoms with E-state index in [1.54, 1.807) is 0 Å². The Labute approximate surface area is 114 Å². The molecule has 0 aromatic carbocycles. The van der Waals surface area contributed by atoms with E-state index in [9.17, 15) is 0 Å². The molecule has 1 fully saturated rings. The number of piperidine rings is 1. The largest absolute Gasteiger partial charge is 0.326 e. The number of hydrogen-bond donors (Lipinski definition) is 1. The van der Waals surface area contributed by atoms with Crippen LogP contribution in [0.5, 0.6) is 0 Å². The van der Waals surface area contributed by atoms with Gasteiger partial charge >= 0.3 is 0 Å². The third-order valence-electron chi connectivity index (χ3n) is 4.15. The predicted molar refractivity (Wildman–Crippen MR) is 77.0 cm³/mol. The van der Waals surface area contributed by atoms with Crippen LogP contribution in [0.2, 0.25) is 0 Å². The summed E-state index contributed by atoms with van der Waals surface area (Å²) >= 11 is 0. The molecule has 2 aromatic heterocycles. The number of aromatic nitrogens is 2. The molecule has 4 nitrogen and oxygen atoms in total. The summed E-state index contributed by atoms with van der Waals surface area (Å²) in [6, 6.07) is 4.14. The average Bonchev–Trinajstić information content (AvgIpc) is 2.82.